The summed E-state index contributed by atoms with van der Waals surface area (Å²) < 4.78 is 11.0. The molecule has 0 spiro atoms. The van der Waals surface area contributed by atoms with Crippen molar-refractivity contribution >= 4 is 46.3 Å². The summed E-state index contributed by atoms with van der Waals surface area (Å²) in [6, 6.07) is 6.96. The van der Waals surface area contributed by atoms with E-state index >= 15 is 0 Å². The second kappa shape index (κ2) is 11.1. The van der Waals surface area contributed by atoms with Crippen LogP contribution < -0.4 is 21.1 Å². The van der Waals surface area contributed by atoms with Gasteiger partial charge in [-0.25, -0.2) is 4.98 Å². The smallest absolute Gasteiger partial charge is 0.271 e. The number of nitrogens with one attached hydrogen (secondary N) is 2. The van der Waals surface area contributed by atoms with E-state index in [0.717, 1.165) is 17.7 Å². The Morgan fingerprint density at radius 1 is 1.18 bits per heavy atom. The topological polar surface area (TPSA) is 162 Å². The lowest BCUT2D eigenvalue weighted by Crippen LogP contribution is -2.41. The van der Waals surface area contributed by atoms with Crippen LogP contribution in [0.4, 0.5) is 17.2 Å². The first-order chi connectivity index (χ1) is 18.4. The summed E-state index contributed by atoms with van der Waals surface area (Å²) in [5.41, 5.74) is 6.94. The Morgan fingerprint density at radius 2 is 1.97 bits per heavy atom. The van der Waals surface area contributed by atoms with Crippen LogP contribution >= 0.6 is 11.3 Å². The number of carbonyl (C=O) groups excluding carboxylic acids is 3. The van der Waals surface area contributed by atoms with Crippen LogP contribution in [-0.4, -0.2) is 71.2 Å². The van der Waals surface area contributed by atoms with Crippen molar-refractivity contribution in [2.45, 2.75) is 19.3 Å². The fourth-order valence-corrected chi connectivity index (χ4v) is 4.99. The van der Waals surface area contributed by atoms with Gasteiger partial charge in [-0.1, -0.05) is 6.07 Å². The summed E-state index contributed by atoms with van der Waals surface area (Å²) in [5, 5.41) is 14.4. The monoisotopic (exact) mass is 537 g/mol. The maximum Gasteiger partial charge on any atom is 0.271 e. The van der Waals surface area contributed by atoms with Crippen molar-refractivity contribution in [2.24, 2.45) is 11.7 Å². The molecule has 1 saturated heterocycles. The summed E-state index contributed by atoms with van der Waals surface area (Å²) in [5.74, 6) is -0.205. The summed E-state index contributed by atoms with van der Waals surface area (Å²) >= 11 is 1.41. The average molecular weight is 538 g/mol. The number of nitrogens with zero attached hydrogens (tertiary/aromatic N) is 4. The largest absolute Gasteiger partial charge is 0.494 e. The number of thiazole rings is 1. The third kappa shape index (κ3) is 5.73. The van der Waals surface area contributed by atoms with Crippen LogP contribution in [0.2, 0.25) is 0 Å². The minimum absolute atomic E-state index is 0.0202. The number of methoxy groups -OCH3 is 1. The van der Waals surface area contributed by atoms with E-state index in [0.29, 0.717) is 48.3 Å². The van der Waals surface area contributed by atoms with Crippen molar-refractivity contribution in [3.8, 4) is 16.3 Å². The van der Waals surface area contributed by atoms with Crippen LogP contribution in [0, 0.1) is 5.92 Å². The van der Waals surface area contributed by atoms with Crippen LogP contribution in [0.25, 0.3) is 10.6 Å². The summed E-state index contributed by atoms with van der Waals surface area (Å²) in [4.78, 5) is 44.0. The van der Waals surface area contributed by atoms with Crippen LogP contribution in [0.15, 0.2) is 30.5 Å². The minimum atomic E-state index is -0.773. The molecular weight excluding hydrogens is 510 g/mol. The molecule has 12 nitrogen and oxygen atoms in total. The number of para-hydroxylation sites is 1. The molecule has 1 aliphatic heterocycles. The molecule has 0 bridgehead atoms. The molecule has 38 heavy (non-hydrogen) atoms. The first-order valence-corrected chi connectivity index (χ1v) is 13.0. The molecule has 3 amide bonds. The molecule has 198 valence electrons. The van der Waals surface area contributed by atoms with Gasteiger partial charge in [0.2, 0.25) is 11.8 Å². The highest BCUT2D eigenvalue weighted by Gasteiger charge is 2.30. The van der Waals surface area contributed by atoms with Crippen molar-refractivity contribution in [2.75, 3.05) is 44.0 Å². The number of morpholine rings is 1. The highest BCUT2D eigenvalue weighted by atomic mass is 32.1. The lowest BCUT2D eigenvalue weighted by molar-refractivity contribution is -0.134. The van der Waals surface area contributed by atoms with Crippen molar-refractivity contribution < 1.29 is 23.9 Å². The minimum Gasteiger partial charge on any atom is -0.494 e. The zero-order valence-corrected chi connectivity index (χ0v) is 21.5. The molecule has 0 atom stereocenters. The van der Waals surface area contributed by atoms with Gasteiger partial charge in [-0.3, -0.25) is 14.4 Å². The van der Waals surface area contributed by atoms with Gasteiger partial charge in [-0.05, 0) is 25.0 Å². The number of benzene rings is 1. The highest BCUT2D eigenvalue weighted by Crippen LogP contribution is 2.40. The lowest BCUT2D eigenvalue weighted by atomic mass is 10.1. The van der Waals surface area contributed by atoms with Crippen molar-refractivity contribution in [1.82, 2.24) is 20.1 Å². The molecule has 3 heterocycles. The number of carbonyl (C=O) groups is 3. The number of anilines is 3. The van der Waals surface area contributed by atoms with Gasteiger partial charge in [0.1, 0.15) is 5.01 Å². The van der Waals surface area contributed by atoms with Crippen LogP contribution in [0.5, 0.6) is 5.75 Å². The molecule has 2 aliphatic rings. The standard InChI is InChI=1S/C25H27N7O5S/c1-36-22-16(25-27-13-15(38-25)11-20(33)32-7-9-37-10-8-32)3-2-4-17(22)28-18-12-19(29-24(35)14-5-6-14)30-31-21(18)23(26)34/h2-4,12-14H,5-11H2,1H3,(H2,26,34)(H2,28,29,30,35). The predicted molar refractivity (Wildman–Crippen MR) is 140 cm³/mol. The molecule has 13 heteroatoms. The van der Waals surface area contributed by atoms with E-state index in [1.54, 1.807) is 17.2 Å². The number of aromatic nitrogens is 3. The summed E-state index contributed by atoms with van der Waals surface area (Å²) in [6.07, 6.45) is 3.64. The Bertz CT molecular complexity index is 1370. The lowest BCUT2D eigenvalue weighted by Gasteiger charge is -2.26. The normalized spacial score (nSPS) is 15.1. The van der Waals surface area contributed by atoms with Crippen LogP contribution in [-0.2, 0) is 20.7 Å². The van der Waals surface area contributed by atoms with E-state index in [1.807, 2.05) is 12.1 Å². The molecule has 1 aromatic carbocycles. The Labute approximate surface area is 222 Å². The van der Waals surface area contributed by atoms with E-state index in [-0.39, 0.29) is 41.4 Å². The van der Waals surface area contributed by atoms with Gasteiger partial charge in [0, 0.05) is 36.1 Å². The van der Waals surface area contributed by atoms with E-state index in [9.17, 15) is 14.4 Å². The second-order valence-corrected chi connectivity index (χ2v) is 10.0. The molecule has 2 aromatic heterocycles. The first kappa shape index (κ1) is 25.5. The van der Waals surface area contributed by atoms with E-state index in [4.69, 9.17) is 15.2 Å². The number of hydrogen-bond acceptors (Lipinski definition) is 10. The van der Waals surface area contributed by atoms with Gasteiger partial charge in [-0.15, -0.1) is 21.5 Å². The fourth-order valence-electron chi connectivity index (χ4n) is 4.06. The highest BCUT2D eigenvalue weighted by molar-refractivity contribution is 7.15. The number of nitrogens with two attached hydrogens (primary N) is 1. The van der Waals surface area contributed by atoms with E-state index in [2.05, 4.69) is 25.8 Å². The zero-order chi connectivity index (χ0) is 26.6. The molecule has 1 aliphatic carbocycles. The molecule has 5 rings (SSSR count). The maximum atomic E-state index is 12.7. The van der Waals surface area contributed by atoms with Gasteiger partial charge < -0.3 is 30.7 Å². The van der Waals surface area contributed by atoms with E-state index < -0.39 is 5.91 Å². The van der Waals surface area contributed by atoms with Crippen molar-refractivity contribution in [3.63, 3.8) is 0 Å². The molecule has 0 radical (unpaired) electrons. The second-order valence-electron chi connectivity index (χ2n) is 8.93. The Morgan fingerprint density at radius 3 is 2.68 bits per heavy atom. The van der Waals surface area contributed by atoms with Gasteiger partial charge in [0.25, 0.3) is 5.91 Å². The van der Waals surface area contributed by atoms with Gasteiger partial charge in [-0.2, -0.15) is 0 Å². The Balaban J connectivity index is 1.39. The maximum absolute atomic E-state index is 12.7. The SMILES string of the molecule is COc1c(Nc2cc(NC(=O)C3CC3)nnc2C(N)=O)cccc1-c1ncc(CC(=O)N2CCOCC2)s1. The predicted octanol–water partition coefficient (Wildman–Crippen LogP) is 2.20. The third-order valence-electron chi connectivity index (χ3n) is 6.19. The molecule has 2 fully saturated rings. The molecular formula is C25H27N7O5S. The van der Waals surface area contributed by atoms with Gasteiger partial charge >= 0.3 is 0 Å². The third-order valence-corrected chi connectivity index (χ3v) is 7.22. The first-order valence-electron chi connectivity index (χ1n) is 12.2. The Kier molecular flexibility index (Phi) is 7.47. The number of amides is 3. The molecule has 1 saturated carbocycles. The van der Waals surface area contributed by atoms with Crippen molar-refractivity contribution in [3.05, 3.63) is 41.0 Å². The number of primary amides is 1. The summed E-state index contributed by atoms with van der Waals surface area (Å²) in [6.45, 7) is 2.29. The van der Waals surface area contributed by atoms with Gasteiger partial charge in [0.15, 0.2) is 17.3 Å². The number of hydrogen-bond donors (Lipinski definition) is 3. The quantitative estimate of drug-likeness (QED) is 0.371. The van der Waals surface area contributed by atoms with E-state index in [1.165, 1.54) is 24.5 Å². The summed E-state index contributed by atoms with van der Waals surface area (Å²) in [7, 11) is 1.53. The average Bonchev–Trinajstić information content (AvgIpc) is 3.68. The van der Waals surface area contributed by atoms with Crippen LogP contribution in [0.3, 0.4) is 0 Å². The van der Waals surface area contributed by atoms with Gasteiger partial charge in [0.05, 0.1) is 43.7 Å². The zero-order valence-electron chi connectivity index (χ0n) is 20.7. The molecule has 0 unspecified atom stereocenters. The number of rotatable bonds is 9. The molecule has 3 aromatic rings. The fraction of sp³-hybridized carbons (Fsp3) is 0.360. The molecule has 4 N–H and O–H groups in total. The van der Waals surface area contributed by atoms with Crippen LogP contribution in [0.1, 0.15) is 28.2 Å². The Hall–Kier alpha value is -4.10. The number of ether oxygens (including phenoxy) is 2. The van der Waals surface area contributed by atoms with Crippen molar-refractivity contribution in [1.29, 1.82) is 0 Å².